The molecule has 0 saturated heterocycles. The Bertz CT molecular complexity index is 417. The Hall–Kier alpha value is -1.53. The van der Waals surface area contributed by atoms with E-state index in [1.807, 2.05) is 19.1 Å². The van der Waals surface area contributed by atoms with E-state index >= 15 is 0 Å². The predicted molar refractivity (Wildman–Crippen MR) is 78.0 cm³/mol. The van der Waals surface area contributed by atoms with E-state index < -0.39 is 5.54 Å². The van der Waals surface area contributed by atoms with Crippen molar-refractivity contribution in [1.29, 1.82) is 5.26 Å². The molecule has 2 N–H and O–H groups in total. The summed E-state index contributed by atoms with van der Waals surface area (Å²) in [4.78, 5) is 0. The van der Waals surface area contributed by atoms with Gasteiger partial charge < -0.3 is 10.5 Å². The number of unbranched alkanes of at least 4 members (excludes halogenated alkanes) is 1. The van der Waals surface area contributed by atoms with E-state index in [9.17, 15) is 0 Å². The highest BCUT2D eigenvalue weighted by molar-refractivity contribution is 5.27. The highest BCUT2D eigenvalue weighted by Gasteiger charge is 2.21. The van der Waals surface area contributed by atoms with Crippen LogP contribution < -0.4 is 10.5 Å². The maximum Gasteiger partial charge on any atom is 0.119 e. The minimum Gasteiger partial charge on any atom is -0.491 e. The third-order valence-electron chi connectivity index (χ3n) is 3.05. The molecule has 0 radical (unpaired) electrons. The van der Waals surface area contributed by atoms with Gasteiger partial charge >= 0.3 is 0 Å². The fraction of sp³-hybridized carbons (Fsp3) is 0.562. The van der Waals surface area contributed by atoms with E-state index in [-0.39, 0.29) is 6.10 Å². The number of nitrogens with two attached hydrogens (primary N) is 1. The summed E-state index contributed by atoms with van der Waals surface area (Å²) in [5.41, 5.74) is 6.31. The third kappa shape index (κ3) is 5.76. The topological polar surface area (TPSA) is 59.0 Å². The minimum atomic E-state index is -0.833. The van der Waals surface area contributed by atoms with Crippen molar-refractivity contribution in [1.82, 2.24) is 0 Å². The van der Waals surface area contributed by atoms with Crippen LogP contribution in [-0.4, -0.2) is 11.6 Å². The van der Waals surface area contributed by atoms with Crippen molar-refractivity contribution < 1.29 is 4.74 Å². The van der Waals surface area contributed by atoms with Crippen LogP contribution in [0.1, 0.15) is 45.6 Å². The summed E-state index contributed by atoms with van der Waals surface area (Å²) in [5, 5.41) is 8.90. The molecule has 0 aliphatic heterocycles. The Morgan fingerprint density at radius 2 is 2.00 bits per heavy atom. The first-order valence-corrected chi connectivity index (χ1v) is 6.92. The lowest BCUT2D eigenvalue weighted by Gasteiger charge is -2.21. The molecule has 0 amide bonds. The molecule has 1 rings (SSSR count). The van der Waals surface area contributed by atoms with Crippen molar-refractivity contribution in [3.8, 4) is 11.8 Å². The molecule has 0 bridgehead atoms. The van der Waals surface area contributed by atoms with Crippen LogP contribution >= 0.6 is 0 Å². The molecule has 104 valence electrons. The number of rotatable bonds is 7. The maximum absolute atomic E-state index is 8.90. The number of hydrogen-bond donors (Lipinski definition) is 1. The summed E-state index contributed by atoms with van der Waals surface area (Å²) in [5.74, 6) is 0.835. The zero-order chi connectivity index (χ0) is 14.3. The van der Waals surface area contributed by atoms with Crippen molar-refractivity contribution in [2.24, 2.45) is 5.73 Å². The van der Waals surface area contributed by atoms with Gasteiger partial charge in [0, 0.05) is 6.42 Å². The van der Waals surface area contributed by atoms with Crippen molar-refractivity contribution in [3.05, 3.63) is 29.8 Å². The Morgan fingerprint density at radius 3 is 2.53 bits per heavy atom. The van der Waals surface area contributed by atoms with Gasteiger partial charge in [-0.25, -0.2) is 0 Å². The second-order valence-electron chi connectivity index (χ2n) is 5.41. The lowest BCUT2D eigenvalue weighted by Crippen LogP contribution is -2.38. The summed E-state index contributed by atoms with van der Waals surface area (Å²) in [6.45, 7) is 5.85. The van der Waals surface area contributed by atoms with Gasteiger partial charge in [0.1, 0.15) is 11.3 Å². The molecule has 3 heteroatoms. The molecule has 0 aliphatic rings. The lowest BCUT2D eigenvalue weighted by atomic mass is 9.98. The zero-order valence-electron chi connectivity index (χ0n) is 12.1. The Morgan fingerprint density at radius 1 is 1.37 bits per heavy atom. The van der Waals surface area contributed by atoms with E-state index in [1.165, 1.54) is 18.4 Å². The first kappa shape index (κ1) is 15.5. The number of hydrogen-bond acceptors (Lipinski definition) is 3. The minimum absolute atomic E-state index is 0.0730. The fourth-order valence-electron chi connectivity index (χ4n) is 2.03. The van der Waals surface area contributed by atoms with Crippen LogP contribution in [0.15, 0.2) is 24.3 Å². The van der Waals surface area contributed by atoms with E-state index in [4.69, 9.17) is 15.7 Å². The summed E-state index contributed by atoms with van der Waals surface area (Å²) >= 11 is 0. The SMILES string of the molecule is CCCCc1ccc(OC(C)CC(C)(N)C#N)cc1. The van der Waals surface area contributed by atoms with Crippen LogP contribution in [0.4, 0.5) is 0 Å². The first-order valence-electron chi connectivity index (χ1n) is 6.92. The van der Waals surface area contributed by atoms with Gasteiger partial charge in [-0.15, -0.1) is 0 Å². The van der Waals surface area contributed by atoms with Crippen molar-refractivity contribution >= 4 is 0 Å². The number of benzene rings is 1. The highest BCUT2D eigenvalue weighted by Crippen LogP contribution is 2.18. The standard InChI is InChI=1S/C16H24N2O/c1-4-5-6-14-7-9-15(10-8-14)19-13(2)11-16(3,18)12-17/h7-10,13H,4-6,11,18H2,1-3H3. The summed E-state index contributed by atoms with van der Waals surface area (Å²) in [6.07, 6.45) is 3.97. The van der Waals surface area contributed by atoms with Gasteiger partial charge in [0.2, 0.25) is 0 Å². The lowest BCUT2D eigenvalue weighted by molar-refractivity contribution is 0.191. The van der Waals surface area contributed by atoms with Crippen LogP contribution in [0.3, 0.4) is 0 Å². The zero-order valence-corrected chi connectivity index (χ0v) is 12.1. The average molecular weight is 260 g/mol. The summed E-state index contributed by atoms with van der Waals surface area (Å²) in [7, 11) is 0. The monoisotopic (exact) mass is 260 g/mol. The van der Waals surface area contributed by atoms with Crippen molar-refractivity contribution in [2.75, 3.05) is 0 Å². The predicted octanol–water partition coefficient (Wildman–Crippen LogP) is 3.43. The smallest absolute Gasteiger partial charge is 0.119 e. The molecule has 2 unspecified atom stereocenters. The van der Waals surface area contributed by atoms with E-state index in [1.54, 1.807) is 6.92 Å². The largest absolute Gasteiger partial charge is 0.491 e. The molecule has 2 atom stereocenters. The van der Waals surface area contributed by atoms with Gasteiger partial charge in [0.05, 0.1) is 12.2 Å². The molecule has 0 fully saturated rings. The Labute approximate surface area is 116 Å². The summed E-state index contributed by atoms with van der Waals surface area (Å²) in [6, 6.07) is 10.3. The molecule has 1 aromatic carbocycles. The molecule has 0 aliphatic carbocycles. The van der Waals surface area contributed by atoms with Crippen LogP contribution in [0.5, 0.6) is 5.75 Å². The molecule has 0 saturated carbocycles. The second-order valence-corrected chi connectivity index (χ2v) is 5.41. The summed E-state index contributed by atoms with van der Waals surface area (Å²) < 4.78 is 5.78. The van der Waals surface area contributed by atoms with Gasteiger partial charge in [-0.3, -0.25) is 0 Å². The molecule has 1 aromatic rings. The van der Waals surface area contributed by atoms with Gasteiger partial charge in [-0.1, -0.05) is 25.5 Å². The maximum atomic E-state index is 8.90. The number of nitrogens with zero attached hydrogens (tertiary/aromatic N) is 1. The van der Waals surface area contributed by atoms with Gasteiger partial charge in [0.25, 0.3) is 0 Å². The molecule has 3 nitrogen and oxygen atoms in total. The van der Waals surface area contributed by atoms with Crippen LogP contribution in [0.2, 0.25) is 0 Å². The molecule has 0 aromatic heterocycles. The fourth-order valence-corrected chi connectivity index (χ4v) is 2.03. The van der Waals surface area contributed by atoms with E-state index in [2.05, 4.69) is 25.1 Å². The molecular weight excluding hydrogens is 236 g/mol. The van der Waals surface area contributed by atoms with Crippen molar-refractivity contribution in [3.63, 3.8) is 0 Å². The normalized spacial score (nSPS) is 15.3. The van der Waals surface area contributed by atoms with Gasteiger partial charge in [-0.2, -0.15) is 5.26 Å². The highest BCUT2D eigenvalue weighted by atomic mass is 16.5. The quantitative estimate of drug-likeness (QED) is 0.817. The van der Waals surface area contributed by atoms with Crippen LogP contribution in [-0.2, 0) is 6.42 Å². The average Bonchev–Trinajstić information content (AvgIpc) is 2.37. The molecule has 0 spiro atoms. The molecule has 0 heterocycles. The van der Waals surface area contributed by atoms with Crippen LogP contribution in [0, 0.1) is 11.3 Å². The van der Waals surface area contributed by atoms with E-state index in [0.29, 0.717) is 6.42 Å². The molecular formula is C16H24N2O. The molecule has 19 heavy (non-hydrogen) atoms. The van der Waals surface area contributed by atoms with Gasteiger partial charge in [-0.05, 0) is 44.4 Å². The second kappa shape index (κ2) is 7.16. The van der Waals surface area contributed by atoms with Gasteiger partial charge in [0.15, 0.2) is 0 Å². The van der Waals surface area contributed by atoms with E-state index in [0.717, 1.165) is 12.2 Å². The first-order chi connectivity index (χ1) is 8.96. The number of aryl methyl sites for hydroxylation is 1. The van der Waals surface area contributed by atoms with Crippen LogP contribution in [0.25, 0.3) is 0 Å². The number of ether oxygens (including phenoxy) is 1. The number of nitriles is 1. The Kier molecular flexibility index (Phi) is 5.85. The van der Waals surface area contributed by atoms with Crippen molar-refractivity contribution in [2.45, 2.75) is 58.1 Å². The Balaban J connectivity index is 2.51. The third-order valence-corrected chi connectivity index (χ3v) is 3.05.